The average Bonchev–Trinajstić information content (AvgIpc) is 2.59. The Bertz CT molecular complexity index is 619. The second-order valence-electron chi connectivity index (χ2n) is 4.80. The van der Waals surface area contributed by atoms with Crippen molar-refractivity contribution in [3.63, 3.8) is 0 Å². The van der Waals surface area contributed by atoms with Gasteiger partial charge >= 0.3 is 0 Å². The van der Waals surface area contributed by atoms with Gasteiger partial charge in [0.1, 0.15) is 18.2 Å². The molecule has 122 valence electrons. The molecule has 1 heterocycles. The van der Waals surface area contributed by atoms with E-state index in [9.17, 15) is 4.39 Å². The van der Waals surface area contributed by atoms with Gasteiger partial charge in [-0.2, -0.15) is 0 Å². The highest BCUT2D eigenvalue weighted by atomic mass is 19.1. The van der Waals surface area contributed by atoms with Crippen molar-refractivity contribution >= 4 is 5.96 Å². The average molecular weight is 316 g/mol. The molecule has 1 aromatic heterocycles. The molecule has 1 aromatic carbocycles. The van der Waals surface area contributed by atoms with E-state index >= 15 is 0 Å². The number of aromatic nitrogens is 1. The molecule has 0 saturated carbocycles. The van der Waals surface area contributed by atoms with Gasteiger partial charge in [-0.05, 0) is 30.2 Å². The predicted molar refractivity (Wildman–Crippen MR) is 89.2 cm³/mol. The summed E-state index contributed by atoms with van der Waals surface area (Å²) >= 11 is 0. The lowest BCUT2D eigenvalue weighted by atomic mass is 10.1. The molecule has 0 amide bonds. The van der Waals surface area contributed by atoms with Crippen LogP contribution < -0.4 is 15.4 Å². The first kappa shape index (κ1) is 16.7. The molecule has 2 rings (SSSR count). The van der Waals surface area contributed by atoms with Gasteiger partial charge in [-0.1, -0.05) is 18.2 Å². The first-order chi connectivity index (χ1) is 11.3. The monoisotopic (exact) mass is 316 g/mol. The van der Waals surface area contributed by atoms with Gasteiger partial charge < -0.3 is 15.4 Å². The molecule has 0 fully saturated rings. The number of nitrogens with zero attached hydrogens (tertiary/aromatic N) is 2. The predicted octanol–water partition coefficient (Wildman–Crippen LogP) is 2.01. The summed E-state index contributed by atoms with van der Waals surface area (Å²) in [5.41, 5.74) is 0.690. The summed E-state index contributed by atoms with van der Waals surface area (Å²) in [5, 5.41) is 6.29. The highest BCUT2D eigenvalue weighted by Gasteiger charge is 2.01. The molecule has 0 aliphatic carbocycles. The van der Waals surface area contributed by atoms with Crippen LogP contribution in [0.2, 0.25) is 0 Å². The molecular formula is C17H21FN4O. The van der Waals surface area contributed by atoms with E-state index in [4.69, 9.17) is 4.74 Å². The van der Waals surface area contributed by atoms with Crippen LogP contribution in [0.15, 0.2) is 53.8 Å². The molecule has 23 heavy (non-hydrogen) atoms. The van der Waals surface area contributed by atoms with Crippen molar-refractivity contribution in [2.24, 2.45) is 4.99 Å². The van der Waals surface area contributed by atoms with Gasteiger partial charge in [0.15, 0.2) is 5.96 Å². The van der Waals surface area contributed by atoms with Crippen LogP contribution in [0, 0.1) is 5.82 Å². The summed E-state index contributed by atoms with van der Waals surface area (Å²) < 4.78 is 19.0. The Hall–Kier alpha value is -2.63. The van der Waals surface area contributed by atoms with Gasteiger partial charge in [-0.25, -0.2) is 4.39 Å². The number of nitrogens with one attached hydrogen (secondary N) is 2. The quantitative estimate of drug-likeness (QED) is 0.466. The zero-order valence-corrected chi connectivity index (χ0v) is 13.1. The fourth-order valence-electron chi connectivity index (χ4n) is 2.01. The minimum atomic E-state index is -0.179. The molecule has 0 atom stereocenters. The number of aliphatic imine (C=N–C) groups is 1. The van der Waals surface area contributed by atoms with Crippen LogP contribution >= 0.6 is 0 Å². The van der Waals surface area contributed by atoms with Gasteiger partial charge in [0, 0.05) is 19.8 Å². The fourth-order valence-corrected chi connectivity index (χ4v) is 2.01. The number of halogens is 1. The molecule has 0 bridgehead atoms. The van der Waals surface area contributed by atoms with Crippen molar-refractivity contribution in [3.05, 3.63) is 60.2 Å². The molecule has 2 N–H and O–H groups in total. The zero-order chi connectivity index (χ0) is 16.3. The fraction of sp³-hybridized carbons (Fsp3) is 0.294. The highest BCUT2D eigenvalue weighted by Crippen LogP contribution is 2.06. The first-order valence-electron chi connectivity index (χ1n) is 7.50. The maximum Gasteiger partial charge on any atom is 0.191 e. The van der Waals surface area contributed by atoms with E-state index in [1.807, 2.05) is 18.2 Å². The third-order valence-corrected chi connectivity index (χ3v) is 3.17. The number of guanidine groups is 1. The third-order valence-electron chi connectivity index (χ3n) is 3.17. The molecule has 2 aromatic rings. The van der Waals surface area contributed by atoms with E-state index in [0.717, 1.165) is 5.75 Å². The Labute approximate surface area is 135 Å². The second-order valence-corrected chi connectivity index (χ2v) is 4.80. The minimum absolute atomic E-state index is 0.179. The largest absolute Gasteiger partial charge is 0.490 e. The van der Waals surface area contributed by atoms with Crippen molar-refractivity contribution < 1.29 is 9.13 Å². The van der Waals surface area contributed by atoms with Crippen LogP contribution in [-0.2, 0) is 6.42 Å². The van der Waals surface area contributed by atoms with Gasteiger partial charge in [0.05, 0.1) is 12.7 Å². The molecule has 0 unspecified atom stereocenters. The van der Waals surface area contributed by atoms with E-state index in [1.54, 1.807) is 31.6 Å². The van der Waals surface area contributed by atoms with E-state index < -0.39 is 0 Å². The smallest absolute Gasteiger partial charge is 0.191 e. The SMILES string of the molecule is CN=C(NCCOc1cccnc1)NCCc1ccccc1F. The van der Waals surface area contributed by atoms with Crippen LogP contribution in [0.4, 0.5) is 4.39 Å². The van der Waals surface area contributed by atoms with Crippen LogP contribution in [0.25, 0.3) is 0 Å². The van der Waals surface area contributed by atoms with Crippen molar-refractivity contribution in [3.8, 4) is 5.75 Å². The number of pyridine rings is 1. The number of hydrogen-bond acceptors (Lipinski definition) is 3. The molecule has 0 spiro atoms. The minimum Gasteiger partial charge on any atom is -0.490 e. The number of ether oxygens (including phenoxy) is 1. The van der Waals surface area contributed by atoms with Crippen molar-refractivity contribution in [1.82, 2.24) is 15.6 Å². The summed E-state index contributed by atoms with van der Waals surface area (Å²) in [6.07, 6.45) is 3.97. The van der Waals surface area contributed by atoms with Crippen molar-refractivity contribution in [2.75, 3.05) is 26.7 Å². The Morgan fingerprint density at radius 1 is 1.17 bits per heavy atom. The molecule has 6 heteroatoms. The van der Waals surface area contributed by atoms with Gasteiger partial charge in [-0.3, -0.25) is 9.98 Å². The standard InChI is InChI=1S/C17H21FN4O/c1-19-17(21-10-8-14-5-2-3-7-16(14)18)22-11-12-23-15-6-4-9-20-13-15/h2-7,9,13H,8,10-12H2,1H3,(H2,19,21,22). The normalized spacial score (nSPS) is 11.1. The summed E-state index contributed by atoms with van der Waals surface area (Å²) in [5.74, 6) is 1.22. The zero-order valence-electron chi connectivity index (χ0n) is 13.1. The van der Waals surface area contributed by atoms with Crippen molar-refractivity contribution in [2.45, 2.75) is 6.42 Å². The van der Waals surface area contributed by atoms with Crippen LogP contribution in [-0.4, -0.2) is 37.7 Å². The summed E-state index contributed by atoms with van der Waals surface area (Å²) in [6, 6.07) is 10.5. The first-order valence-corrected chi connectivity index (χ1v) is 7.50. The second kappa shape index (κ2) is 9.40. The van der Waals surface area contributed by atoms with Crippen molar-refractivity contribution in [1.29, 1.82) is 0 Å². The maximum atomic E-state index is 13.5. The lowest BCUT2D eigenvalue weighted by Crippen LogP contribution is -2.40. The molecule has 0 aliphatic rings. The van der Waals surface area contributed by atoms with E-state index in [-0.39, 0.29) is 5.82 Å². The molecule has 0 radical (unpaired) electrons. The Morgan fingerprint density at radius 3 is 2.74 bits per heavy atom. The molecule has 0 saturated heterocycles. The van der Waals surface area contributed by atoms with Gasteiger partial charge in [0.25, 0.3) is 0 Å². The molecule has 5 nitrogen and oxygen atoms in total. The van der Waals surface area contributed by atoms with E-state index in [1.165, 1.54) is 6.07 Å². The lowest BCUT2D eigenvalue weighted by Gasteiger charge is -2.12. The summed E-state index contributed by atoms with van der Waals surface area (Å²) in [6.45, 7) is 1.71. The lowest BCUT2D eigenvalue weighted by molar-refractivity contribution is 0.320. The Kier molecular flexibility index (Phi) is 6.84. The number of benzene rings is 1. The topological polar surface area (TPSA) is 58.5 Å². The summed E-state index contributed by atoms with van der Waals surface area (Å²) in [7, 11) is 1.69. The molecule has 0 aliphatic heterocycles. The highest BCUT2D eigenvalue weighted by molar-refractivity contribution is 5.79. The number of hydrogen-bond donors (Lipinski definition) is 2. The van der Waals surface area contributed by atoms with Crippen LogP contribution in [0.1, 0.15) is 5.56 Å². The van der Waals surface area contributed by atoms with Crippen LogP contribution in [0.3, 0.4) is 0 Å². The Morgan fingerprint density at radius 2 is 2.00 bits per heavy atom. The van der Waals surface area contributed by atoms with Crippen LogP contribution in [0.5, 0.6) is 5.75 Å². The number of rotatable bonds is 7. The Balaban J connectivity index is 1.65. The maximum absolute atomic E-state index is 13.5. The molecular weight excluding hydrogens is 295 g/mol. The third kappa shape index (κ3) is 5.94. The summed E-state index contributed by atoms with van der Waals surface area (Å²) in [4.78, 5) is 8.10. The van der Waals surface area contributed by atoms with Gasteiger partial charge in [0.2, 0.25) is 0 Å². The van der Waals surface area contributed by atoms with Gasteiger partial charge in [-0.15, -0.1) is 0 Å². The van der Waals surface area contributed by atoms with E-state index in [0.29, 0.717) is 37.6 Å². The van der Waals surface area contributed by atoms with E-state index in [2.05, 4.69) is 20.6 Å².